The molecule has 0 aliphatic heterocycles. The molecule has 2 N–H and O–H groups in total. The van der Waals surface area contributed by atoms with Gasteiger partial charge in [0, 0.05) is 18.3 Å². The van der Waals surface area contributed by atoms with Gasteiger partial charge in [0.05, 0.1) is 11.2 Å². The maximum atomic E-state index is 10.6. The molecule has 0 fully saturated rings. The third-order valence-corrected chi connectivity index (χ3v) is 2.60. The first-order valence-corrected chi connectivity index (χ1v) is 5.51. The van der Waals surface area contributed by atoms with Crippen molar-refractivity contribution in [2.75, 3.05) is 6.54 Å². The Morgan fingerprint density at radius 3 is 3.07 bits per heavy atom. The van der Waals surface area contributed by atoms with E-state index in [2.05, 4.69) is 10.3 Å². The number of aliphatic carboxylic acids is 1. The molecular formula is C9H14N2O2S. The summed E-state index contributed by atoms with van der Waals surface area (Å²) >= 11 is 1.56. The Bertz CT molecular complexity index is 274. The molecule has 78 valence electrons. The second-order valence-corrected chi connectivity index (χ2v) is 3.70. The van der Waals surface area contributed by atoms with Gasteiger partial charge in [0.1, 0.15) is 6.04 Å². The van der Waals surface area contributed by atoms with Gasteiger partial charge in [-0.15, -0.1) is 11.3 Å². The van der Waals surface area contributed by atoms with Crippen molar-refractivity contribution in [2.45, 2.75) is 25.8 Å². The first-order chi connectivity index (χ1) is 6.74. The first-order valence-electron chi connectivity index (χ1n) is 4.57. The van der Waals surface area contributed by atoms with E-state index in [9.17, 15) is 4.79 Å². The molecule has 5 heteroatoms. The molecule has 0 aromatic carbocycles. The fourth-order valence-electron chi connectivity index (χ4n) is 1.14. The van der Waals surface area contributed by atoms with Crippen molar-refractivity contribution < 1.29 is 9.90 Å². The number of hydrogen-bond donors (Lipinski definition) is 2. The molecule has 4 nitrogen and oxygen atoms in total. The minimum absolute atomic E-state index is 0.436. The predicted octanol–water partition coefficient (Wildman–Crippen LogP) is 1.14. The van der Waals surface area contributed by atoms with Gasteiger partial charge in [-0.3, -0.25) is 4.79 Å². The fourth-order valence-corrected chi connectivity index (χ4v) is 1.73. The summed E-state index contributed by atoms with van der Waals surface area (Å²) in [4.78, 5) is 14.8. The van der Waals surface area contributed by atoms with Gasteiger partial charge >= 0.3 is 5.97 Å². The van der Waals surface area contributed by atoms with E-state index < -0.39 is 12.0 Å². The molecule has 14 heavy (non-hydrogen) atoms. The molecule has 0 aliphatic carbocycles. The summed E-state index contributed by atoms with van der Waals surface area (Å²) in [5.41, 5.74) is 2.80. The Kier molecular flexibility index (Phi) is 4.55. The second kappa shape index (κ2) is 5.72. The lowest BCUT2D eigenvalue weighted by Crippen LogP contribution is -2.37. The van der Waals surface area contributed by atoms with Gasteiger partial charge < -0.3 is 10.4 Å². The molecular weight excluding hydrogens is 200 g/mol. The highest BCUT2D eigenvalue weighted by atomic mass is 32.1. The maximum Gasteiger partial charge on any atom is 0.320 e. The molecule has 1 rings (SSSR count). The van der Waals surface area contributed by atoms with Crippen molar-refractivity contribution >= 4 is 17.3 Å². The number of nitrogens with zero attached hydrogens (tertiary/aromatic N) is 1. The number of thiazole rings is 1. The van der Waals surface area contributed by atoms with Crippen LogP contribution in [0, 0.1) is 0 Å². The summed E-state index contributed by atoms with van der Waals surface area (Å²) in [6, 6.07) is -0.436. The van der Waals surface area contributed by atoms with Crippen molar-refractivity contribution in [3.8, 4) is 0 Å². The van der Waals surface area contributed by atoms with E-state index in [1.165, 1.54) is 0 Å². The number of carboxylic acid groups (broad SMARTS) is 1. The zero-order valence-electron chi connectivity index (χ0n) is 8.06. The number of hydrogen-bond acceptors (Lipinski definition) is 4. The molecule has 0 amide bonds. The van der Waals surface area contributed by atoms with E-state index in [1.807, 2.05) is 12.3 Å². The van der Waals surface area contributed by atoms with Crippen molar-refractivity contribution in [1.82, 2.24) is 10.3 Å². The third-order valence-electron chi connectivity index (χ3n) is 1.96. The molecule has 1 heterocycles. The van der Waals surface area contributed by atoms with Crippen LogP contribution in [-0.2, 0) is 11.2 Å². The Labute approximate surface area is 87.0 Å². The van der Waals surface area contributed by atoms with Crippen LogP contribution in [0.25, 0.3) is 0 Å². The Hall–Kier alpha value is -0.940. The van der Waals surface area contributed by atoms with E-state index in [0.717, 1.165) is 12.1 Å². The Morgan fingerprint density at radius 2 is 2.57 bits per heavy atom. The summed E-state index contributed by atoms with van der Waals surface area (Å²) in [5, 5.41) is 13.7. The van der Waals surface area contributed by atoms with E-state index in [4.69, 9.17) is 5.11 Å². The quantitative estimate of drug-likeness (QED) is 0.745. The van der Waals surface area contributed by atoms with Crippen LogP contribution >= 0.6 is 11.3 Å². The summed E-state index contributed by atoms with van der Waals surface area (Å²) in [7, 11) is 0. The molecule has 1 atom stereocenters. The van der Waals surface area contributed by atoms with Crippen molar-refractivity contribution in [3.63, 3.8) is 0 Å². The summed E-state index contributed by atoms with van der Waals surface area (Å²) < 4.78 is 0. The van der Waals surface area contributed by atoms with Crippen LogP contribution in [0.2, 0.25) is 0 Å². The summed E-state index contributed by atoms with van der Waals surface area (Å²) in [5.74, 6) is -0.786. The average molecular weight is 214 g/mol. The Morgan fingerprint density at radius 1 is 1.79 bits per heavy atom. The maximum absolute atomic E-state index is 10.6. The monoisotopic (exact) mass is 214 g/mol. The van der Waals surface area contributed by atoms with Gasteiger partial charge in [-0.1, -0.05) is 6.92 Å². The predicted molar refractivity (Wildman–Crippen MR) is 55.5 cm³/mol. The molecule has 0 aliphatic rings. The lowest BCUT2D eigenvalue weighted by Gasteiger charge is -2.10. The smallest absolute Gasteiger partial charge is 0.320 e. The van der Waals surface area contributed by atoms with E-state index in [-0.39, 0.29) is 0 Å². The highest BCUT2D eigenvalue weighted by Gasteiger charge is 2.12. The molecule has 0 saturated carbocycles. The zero-order valence-corrected chi connectivity index (χ0v) is 8.88. The van der Waals surface area contributed by atoms with Crippen LogP contribution in [0.5, 0.6) is 0 Å². The van der Waals surface area contributed by atoms with E-state index >= 15 is 0 Å². The van der Waals surface area contributed by atoms with Gasteiger partial charge in [0.2, 0.25) is 0 Å². The zero-order chi connectivity index (χ0) is 10.4. The van der Waals surface area contributed by atoms with Crippen molar-refractivity contribution in [2.24, 2.45) is 0 Å². The van der Waals surface area contributed by atoms with Gasteiger partial charge in [0.15, 0.2) is 0 Å². The number of rotatable bonds is 6. The summed E-state index contributed by atoms with van der Waals surface area (Å²) in [6.45, 7) is 2.52. The van der Waals surface area contributed by atoms with Crippen LogP contribution in [0.4, 0.5) is 0 Å². The lowest BCUT2D eigenvalue weighted by atomic mass is 10.2. The minimum Gasteiger partial charge on any atom is -0.480 e. The van der Waals surface area contributed by atoms with Gasteiger partial charge in [-0.2, -0.15) is 0 Å². The lowest BCUT2D eigenvalue weighted by molar-refractivity contribution is -0.139. The molecule has 0 spiro atoms. The number of aromatic nitrogens is 1. The van der Waals surface area contributed by atoms with E-state index in [1.54, 1.807) is 16.8 Å². The first kappa shape index (κ1) is 11.1. The van der Waals surface area contributed by atoms with Crippen LogP contribution in [0.3, 0.4) is 0 Å². The van der Waals surface area contributed by atoms with Crippen LogP contribution in [-0.4, -0.2) is 28.6 Å². The van der Waals surface area contributed by atoms with Gasteiger partial charge in [-0.25, -0.2) is 4.98 Å². The molecule has 0 bridgehead atoms. The third kappa shape index (κ3) is 3.43. The van der Waals surface area contributed by atoms with Gasteiger partial charge in [0.25, 0.3) is 0 Å². The second-order valence-electron chi connectivity index (χ2n) is 2.98. The van der Waals surface area contributed by atoms with Crippen LogP contribution in [0.1, 0.15) is 19.0 Å². The largest absolute Gasteiger partial charge is 0.480 e. The van der Waals surface area contributed by atoms with E-state index in [0.29, 0.717) is 13.0 Å². The average Bonchev–Trinajstić information content (AvgIpc) is 2.64. The highest BCUT2D eigenvalue weighted by Crippen LogP contribution is 2.01. The highest BCUT2D eigenvalue weighted by molar-refractivity contribution is 7.07. The fraction of sp³-hybridized carbons (Fsp3) is 0.556. The van der Waals surface area contributed by atoms with Crippen LogP contribution < -0.4 is 5.32 Å². The topological polar surface area (TPSA) is 62.2 Å². The number of carbonyl (C=O) groups is 1. The minimum atomic E-state index is -0.786. The molecule has 1 unspecified atom stereocenters. The normalized spacial score (nSPS) is 12.6. The SMILES string of the molecule is CCC(NCCc1cscn1)C(=O)O. The molecule has 1 aromatic rings. The van der Waals surface area contributed by atoms with Crippen molar-refractivity contribution in [1.29, 1.82) is 0 Å². The molecule has 0 saturated heterocycles. The molecule has 0 radical (unpaired) electrons. The van der Waals surface area contributed by atoms with Crippen LogP contribution in [0.15, 0.2) is 10.9 Å². The number of nitrogens with one attached hydrogen (secondary N) is 1. The standard InChI is InChI=1S/C9H14N2O2S/c1-2-8(9(12)13)10-4-3-7-5-14-6-11-7/h5-6,8,10H,2-4H2,1H3,(H,12,13). The molecule has 1 aromatic heterocycles. The van der Waals surface area contributed by atoms with Crippen molar-refractivity contribution in [3.05, 3.63) is 16.6 Å². The van der Waals surface area contributed by atoms with Gasteiger partial charge in [-0.05, 0) is 6.42 Å². The number of carboxylic acids is 1. The Balaban J connectivity index is 2.23. The summed E-state index contributed by atoms with van der Waals surface area (Å²) in [6.07, 6.45) is 1.39.